The molecule has 1 saturated heterocycles. The van der Waals surface area contributed by atoms with Gasteiger partial charge in [0.15, 0.2) is 0 Å². The first kappa shape index (κ1) is 19.8. The number of benzene rings is 1. The monoisotopic (exact) mass is 434 g/mol. The highest BCUT2D eigenvalue weighted by Crippen LogP contribution is 2.46. The highest BCUT2D eigenvalue weighted by Gasteiger charge is 2.38. The Bertz CT molecular complexity index is 1080. The van der Waals surface area contributed by atoms with E-state index in [0.717, 1.165) is 10.8 Å². The Balaban J connectivity index is 1.98. The SMILES string of the molecule is COc1cc(OC)c(Cl)c(-c2cc3cnc(N)cc3c(N3CC(C)(O)C3)n2)c1Cl. The van der Waals surface area contributed by atoms with E-state index in [1.807, 2.05) is 11.0 Å². The molecule has 1 fully saturated rings. The van der Waals surface area contributed by atoms with Gasteiger partial charge >= 0.3 is 0 Å². The number of nitrogen functional groups attached to an aromatic ring is 1. The van der Waals surface area contributed by atoms with Crippen molar-refractivity contribution in [2.24, 2.45) is 0 Å². The lowest BCUT2D eigenvalue weighted by Gasteiger charge is -2.45. The quantitative estimate of drug-likeness (QED) is 0.644. The predicted octanol–water partition coefficient (Wildman–Crippen LogP) is 3.77. The molecule has 0 unspecified atom stereocenters. The maximum atomic E-state index is 10.2. The molecule has 4 rings (SSSR count). The lowest BCUT2D eigenvalue weighted by molar-refractivity contribution is 0.0307. The molecular formula is C20H20Cl2N4O3. The molecule has 1 aliphatic heterocycles. The highest BCUT2D eigenvalue weighted by atomic mass is 35.5. The molecule has 0 amide bonds. The summed E-state index contributed by atoms with van der Waals surface area (Å²) >= 11 is 13.2. The number of pyridine rings is 2. The summed E-state index contributed by atoms with van der Waals surface area (Å²) in [5.41, 5.74) is 6.17. The van der Waals surface area contributed by atoms with Crippen LogP contribution in [0.4, 0.5) is 11.6 Å². The molecular weight excluding hydrogens is 415 g/mol. The number of anilines is 2. The molecule has 1 aliphatic rings. The molecule has 0 radical (unpaired) electrons. The second-order valence-electron chi connectivity index (χ2n) is 7.30. The van der Waals surface area contributed by atoms with Gasteiger partial charge in [-0.25, -0.2) is 9.97 Å². The number of rotatable bonds is 4. The molecule has 0 atom stereocenters. The molecule has 0 spiro atoms. The van der Waals surface area contributed by atoms with Gasteiger partial charge in [-0.1, -0.05) is 23.2 Å². The summed E-state index contributed by atoms with van der Waals surface area (Å²) in [6, 6.07) is 5.24. The molecule has 0 bridgehead atoms. The van der Waals surface area contributed by atoms with Gasteiger partial charge in [-0.2, -0.15) is 0 Å². The molecule has 3 aromatic rings. The molecule has 29 heavy (non-hydrogen) atoms. The zero-order chi connectivity index (χ0) is 20.9. The van der Waals surface area contributed by atoms with Crippen molar-refractivity contribution in [3.63, 3.8) is 0 Å². The first-order chi connectivity index (χ1) is 13.7. The summed E-state index contributed by atoms with van der Waals surface area (Å²) in [4.78, 5) is 11.0. The fourth-order valence-electron chi connectivity index (χ4n) is 3.55. The molecule has 1 aromatic carbocycles. The van der Waals surface area contributed by atoms with Crippen LogP contribution in [0.2, 0.25) is 10.0 Å². The smallest absolute Gasteiger partial charge is 0.141 e. The first-order valence-electron chi connectivity index (χ1n) is 8.88. The number of halogens is 2. The summed E-state index contributed by atoms with van der Waals surface area (Å²) in [6.07, 6.45) is 1.68. The van der Waals surface area contributed by atoms with Gasteiger partial charge < -0.3 is 25.2 Å². The van der Waals surface area contributed by atoms with Crippen molar-refractivity contribution in [1.29, 1.82) is 0 Å². The van der Waals surface area contributed by atoms with Crippen molar-refractivity contribution in [2.75, 3.05) is 37.9 Å². The van der Waals surface area contributed by atoms with E-state index in [2.05, 4.69) is 4.98 Å². The summed E-state index contributed by atoms with van der Waals surface area (Å²) in [6.45, 7) is 2.68. The van der Waals surface area contributed by atoms with E-state index < -0.39 is 5.60 Å². The van der Waals surface area contributed by atoms with Gasteiger partial charge in [0.2, 0.25) is 0 Å². The first-order valence-corrected chi connectivity index (χ1v) is 9.63. The molecule has 152 valence electrons. The van der Waals surface area contributed by atoms with Crippen LogP contribution in [0.25, 0.3) is 22.0 Å². The van der Waals surface area contributed by atoms with E-state index in [9.17, 15) is 5.11 Å². The van der Waals surface area contributed by atoms with Gasteiger partial charge in [0.1, 0.15) is 23.1 Å². The van der Waals surface area contributed by atoms with Crippen LogP contribution in [0.1, 0.15) is 6.92 Å². The lowest BCUT2D eigenvalue weighted by atomic mass is 9.96. The topological polar surface area (TPSA) is 93.7 Å². The summed E-state index contributed by atoms with van der Waals surface area (Å²) in [5, 5.41) is 12.5. The lowest BCUT2D eigenvalue weighted by Crippen LogP contribution is -2.60. The minimum absolute atomic E-state index is 0.329. The molecule has 9 heteroatoms. The number of hydrogen-bond donors (Lipinski definition) is 2. The Hall–Kier alpha value is -2.48. The minimum Gasteiger partial charge on any atom is -0.495 e. The van der Waals surface area contributed by atoms with Crippen LogP contribution in [0.5, 0.6) is 11.5 Å². The van der Waals surface area contributed by atoms with Crippen molar-refractivity contribution in [3.05, 3.63) is 34.4 Å². The van der Waals surface area contributed by atoms with Gasteiger partial charge in [-0.3, -0.25) is 0 Å². The number of β-amino-alcohol motifs (C(OH)–C–C–N with tert-alkyl or cyclic N) is 1. The fourth-order valence-corrected chi connectivity index (χ4v) is 4.24. The van der Waals surface area contributed by atoms with E-state index in [-0.39, 0.29) is 0 Å². The van der Waals surface area contributed by atoms with E-state index in [1.54, 1.807) is 25.3 Å². The van der Waals surface area contributed by atoms with Crippen molar-refractivity contribution in [2.45, 2.75) is 12.5 Å². The van der Waals surface area contributed by atoms with E-state index in [0.29, 0.717) is 57.5 Å². The standard InChI is InChI=1S/C20H20Cl2N4O3/c1-20(27)8-26(9-20)19-11-5-15(23)24-7-10(11)4-12(25-19)16-17(21)13(28-2)6-14(29-3)18(16)22/h4-7,27H,8-9H2,1-3H3,(H2,23,24). The number of aromatic nitrogens is 2. The highest BCUT2D eigenvalue weighted by molar-refractivity contribution is 6.41. The molecule has 0 saturated carbocycles. The largest absolute Gasteiger partial charge is 0.495 e. The van der Waals surface area contributed by atoms with Gasteiger partial charge in [0, 0.05) is 41.7 Å². The maximum Gasteiger partial charge on any atom is 0.141 e. The number of methoxy groups -OCH3 is 2. The Morgan fingerprint density at radius 2 is 1.72 bits per heavy atom. The summed E-state index contributed by atoms with van der Waals surface area (Å²) in [7, 11) is 3.04. The molecule has 2 aromatic heterocycles. The molecule has 7 nitrogen and oxygen atoms in total. The third kappa shape index (κ3) is 3.39. The third-order valence-corrected chi connectivity index (χ3v) is 5.66. The third-order valence-electron chi connectivity index (χ3n) is 4.91. The van der Waals surface area contributed by atoms with Gasteiger partial charge in [-0.05, 0) is 19.1 Å². The number of nitrogens with zero attached hydrogens (tertiary/aromatic N) is 3. The predicted molar refractivity (Wildman–Crippen MR) is 115 cm³/mol. The van der Waals surface area contributed by atoms with Crippen molar-refractivity contribution in [3.8, 4) is 22.8 Å². The maximum absolute atomic E-state index is 10.2. The Morgan fingerprint density at radius 1 is 1.10 bits per heavy atom. The van der Waals surface area contributed by atoms with Crippen LogP contribution < -0.4 is 20.1 Å². The van der Waals surface area contributed by atoms with Crippen LogP contribution >= 0.6 is 23.2 Å². The number of hydrogen-bond acceptors (Lipinski definition) is 7. The average Bonchev–Trinajstić information content (AvgIpc) is 2.66. The number of ether oxygens (including phenoxy) is 2. The van der Waals surface area contributed by atoms with E-state index in [1.165, 1.54) is 14.2 Å². The zero-order valence-electron chi connectivity index (χ0n) is 16.2. The van der Waals surface area contributed by atoms with Crippen molar-refractivity contribution >= 4 is 45.6 Å². The normalized spacial score (nSPS) is 15.3. The van der Waals surface area contributed by atoms with Crippen LogP contribution in [-0.2, 0) is 0 Å². The Morgan fingerprint density at radius 3 is 2.28 bits per heavy atom. The van der Waals surface area contributed by atoms with Gasteiger partial charge in [0.25, 0.3) is 0 Å². The van der Waals surface area contributed by atoms with Crippen LogP contribution in [-0.4, -0.2) is 48.0 Å². The van der Waals surface area contributed by atoms with Gasteiger partial charge in [0.05, 0.1) is 35.6 Å². The summed E-state index contributed by atoms with van der Waals surface area (Å²) in [5.74, 6) is 1.91. The molecule has 0 aliphatic carbocycles. The molecule has 3 N–H and O–H groups in total. The molecule has 3 heterocycles. The summed E-state index contributed by atoms with van der Waals surface area (Å²) < 4.78 is 10.7. The zero-order valence-corrected chi connectivity index (χ0v) is 17.7. The Labute approximate surface area is 178 Å². The fraction of sp³-hybridized carbons (Fsp3) is 0.300. The van der Waals surface area contributed by atoms with E-state index in [4.69, 9.17) is 43.4 Å². The number of aliphatic hydroxyl groups is 1. The average molecular weight is 435 g/mol. The number of fused-ring (bicyclic) bond motifs is 1. The second-order valence-corrected chi connectivity index (χ2v) is 8.05. The van der Waals surface area contributed by atoms with Crippen LogP contribution in [0.15, 0.2) is 24.4 Å². The van der Waals surface area contributed by atoms with Crippen molar-refractivity contribution < 1.29 is 14.6 Å². The van der Waals surface area contributed by atoms with Crippen LogP contribution in [0, 0.1) is 0 Å². The Kier molecular flexibility index (Phi) is 4.85. The van der Waals surface area contributed by atoms with Gasteiger partial charge in [-0.15, -0.1) is 0 Å². The second kappa shape index (κ2) is 7.09. The minimum atomic E-state index is -0.767. The van der Waals surface area contributed by atoms with Crippen LogP contribution in [0.3, 0.4) is 0 Å². The number of nitrogens with two attached hydrogens (primary N) is 1. The van der Waals surface area contributed by atoms with Crippen molar-refractivity contribution in [1.82, 2.24) is 9.97 Å². The van der Waals surface area contributed by atoms with E-state index >= 15 is 0 Å².